The molecule has 6 aromatic rings. The van der Waals surface area contributed by atoms with Crippen LogP contribution in [-0.2, 0) is 14.1 Å². The molecule has 0 saturated heterocycles. The second-order valence-electron chi connectivity index (χ2n) is 9.27. The maximum atomic E-state index is 6.76. The Kier molecular flexibility index (Phi) is 5.54. The number of pyridine rings is 2. The standard InChI is InChI=1S/C32H28N2OS/c1-21-23(26-14-7-9-18-33(26)3)13-11-16-28(21)35-29-20-25-24-12-5-6-17-30(24)36-32(25)31(22(29)2)27-15-8-10-19-34(27)4/h5-20H,1-4H3/q+2. The Balaban J connectivity index is 1.58. The minimum Gasteiger partial charge on any atom is -0.457 e. The predicted octanol–water partition coefficient (Wildman–Crippen LogP) is 7.45. The third-order valence-electron chi connectivity index (χ3n) is 7.03. The van der Waals surface area contributed by atoms with Gasteiger partial charge in [-0.2, -0.15) is 0 Å². The minimum absolute atomic E-state index is 0.877. The Morgan fingerprint density at radius 1 is 0.639 bits per heavy atom. The molecular formula is C32H28N2OS+2. The summed E-state index contributed by atoms with van der Waals surface area (Å²) < 4.78 is 13.7. The van der Waals surface area contributed by atoms with Crippen LogP contribution in [-0.4, -0.2) is 0 Å². The largest absolute Gasteiger partial charge is 0.457 e. The van der Waals surface area contributed by atoms with E-state index in [1.807, 2.05) is 17.4 Å². The van der Waals surface area contributed by atoms with Crippen LogP contribution in [0.3, 0.4) is 0 Å². The summed E-state index contributed by atoms with van der Waals surface area (Å²) in [6.45, 7) is 4.32. The van der Waals surface area contributed by atoms with Crippen molar-refractivity contribution in [2.24, 2.45) is 14.1 Å². The fourth-order valence-corrected chi connectivity index (χ4v) is 6.34. The van der Waals surface area contributed by atoms with Crippen LogP contribution in [0.15, 0.2) is 97.3 Å². The highest BCUT2D eigenvalue weighted by Crippen LogP contribution is 2.45. The summed E-state index contributed by atoms with van der Waals surface area (Å²) in [6, 6.07) is 29.8. The molecule has 0 spiro atoms. The fourth-order valence-electron chi connectivity index (χ4n) is 5.05. The molecule has 0 aliphatic heterocycles. The summed E-state index contributed by atoms with van der Waals surface area (Å²) in [4.78, 5) is 0. The first-order chi connectivity index (χ1) is 17.5. The van der Waals surface area contributed by atoms with E-state index in [-0.39, 0.29) is 0 Å². The lowest BCUT2D eigenvalue weighted by Gasteiger charge is -2.16. The normalized spacial score (nSPS) is 11.3. The lowest BCUT2D eigenvalue weighted by atomic mass is 9.99. The van der Waals surface area contributed by atoms with Crippen molar-refractivity contribution >= 4 is 31.5 Å². The molecule has 4 heteroatoms. The quantitative estimate of drug-likeness (QED) is 0.236. The first kappa shape index (κ1) is 22.4. The monoisotopic (exact) mass is 488 g/mol. The number of benzene rings is 3. The molecule has 3 aromatic carbocycles. The molecule has 0 aliphatic carbocycles. The zero-order valence-corrected chi connectivity index (χ0v) is 21.8. The molecular weight excluding hydrogens is 460 g/mol. The topological polar surface area (TPSA) is 17.0 Å². The van der Waals surface area contributed by atoms with Gasteiger partial charge >= 0.3 is 0 Å². The molecule has 0 unspecified atom stereocenters. The molecule has 0 amide bonds. The number of ether oxygens (including phenoxy) is 1. The molecule has 176 valence electrons. The van der Waals surface area contributed by atoms with E-state index in [2.05, 4.69) is 128 Å². The van der Waals surface area contributed by atoms with E-state index < -0.39 is 0 Å². The fraction of sp³-hybridized carbons (Fsp3) is 0.125. The molecule has 6 rings (SSSR count). The molecule has 0 bridgehead atoms. The van der Waals surface area contributed by atoms with E-state index in [4.69, 9.17) is 4.74 Å². The summed E-state index contributed by atoms with van der Waals surface area (Å²) in [7, 11) is 4.18. The number of aromatic nitrogens is 2. The number of thiophene rings is 1. The average molecular weight is 489 g/mol. The van der Waals surface area contributed by atoms with Gasteiger partial charge in [0.25, 0.3) is 0 Å². The van der Waals surface area contributed by atoms with Crippen molar-refractivity contribution in [1.82, 2.24) is 0 Å². The Labute approximate surface area is 215 Å². The predicted molar refractivity (Wildman–Crippen MR) is 149 cm³/mol. The van der Waals surface area contributed by atoms with E-state index >= 15 is 0 Å². The van der Waals surface area contributed by atoms with Crippen molar-refractivity contribution < 1.29 is 13.9 Å². The number of aryl methyl sites for hydroxylation is 2. The second-order valence-corrected chi connectivity index (χ2v) is 10.3. The summed E-state index contributed by atoms with van der Waals surface area (Å²) in [6.07, 6.45) is 4.18. The van der Waals surface area contributed by atoms with Gasteiger partial charge in [-0.05, 0) is 50.2 Å². The summed E-state index contributed by atoms with van der Waals surface area (Å²) >= 11 is 1.85. The van der Waals surface area contributed by atoms with Crippen molar-refractivity contribution in [2.75, 3.05) is 0 Å². The third kappa shape index (κ3) is 3.66. The third-order valence-corrected chi connectivity index (χ3v) is 8.23. The van der Waals surface area contributed by atoms with Crippen molar-refractivity contribution in [1.29, 1.82) is 0 Å². The molecule has 36 heavy (non-hydrogen) atoms. The maximum absolute atomic E-state index is 6.76. The van der Waals surface area contributed by atoms with Crippen LogP contribution in [0, 0.1) is 13.8 Å². The van der Waals surface area contributed by atoms with Crippen LogP contribution < -0.4 is 13.9 Å². The van der Waals surface area contributed by atoms with Crippen molar-refractivity contribution in [2.45, 2.75) is 13.8 Å². The highest BCUT2D eigenvalue weighted by molar-refractivity contribution is 7.26. The molecule has 0 aliphatic rings. The Morgan fingerprint density at radius 3 is 2.08 bits per heavy atom. The molecule has 0 N–H and O–H groups in total. The van der Waals surface area contributed by atoms with Crippen LogP contribution in [0.25, 0.3) is 42.7 Å². The highest BCUT2D eigenvalue weighted by Gasteiger charge is 2.23. The molecule has 0 saturated carbocycles. The first-order valence-corrected chi connectivity index (χ1v) is 13.0. The number of hydrogen-bond donors (Lipinski definition) is 0. The maximum Gasteiger partial charge on any atom is 0.214 e. The molecule has 0 atom stereocenters. The van der Waals surface area contributed by atoms with E-state index in [1.54, 1.807) is 0 Å². The number of hydrogen-bond acceptors (Lipinski definition) is 2. The second kappa shape index (κ2) is 8.89. The van der Waals surface area contributed by atoms with Crippen LogP contribution in [0.5, 0.6) is 11.5 Å². The van der Waals surface area contributed by atoms with E-state index in [1.165, 1.54) is 37.0 Å². The SMILES string of the molecule is Cc1c(Oc2cc3c(sc4ccccc43)c(-c3cccc[n+]3C)c2C)cccc1-c1cccc[n+]1C. The van der Waals surface area contributed by atoms with Crippen LogP contribution in [0.1, 0.15) is 11.1 Å². The summed E-state index contributed by atoms with van der Waals surface area (Å²) in [5.41, 5.74) is 7.01. The number of nitrogens with zero attached hydrogens (tertiary/aromatic N) is 2. The first-order valence-electron chi connectivity index (χ1n) is 12.2. The minimum atomic E-state index is 0.877. The molecule has 0 radical (unpaired) electrons. The molecule has 3 nitrogen and oxygen atoms in total. The van der Waals surface area contributed by atoms with Gasteiger partial charge in [-0.1, -0.05) is 24.3 Å². The van der Waals surface area contributed by atoms with E-state index in [9.17, 15) is 0 Å². The lowest BCUT2D eigenvalue weighted by molar-refractivity contribution is -0.660. The van der Waals surface area contributed by atoms with E-state index in [0.29, 0.717) is 0 Å². The highest BCUT2D eigenvalue weighted by atomic mass is 32.1. The van der Waals surface area contributed by atoms with Crippen LogP contribution in [0.2, 0.25) is 0 Å². The van der Waals surface area contributed by atoms with Gasteiger partial charge in [-0.15, -0.1) is 11.3 Å². The Hall–Kier alpha value is -4.02. The van der Waals surface area contributed by atoms with Crippen molar-refractivity contribution in [3.05, 3.63) is 108 Å². The molecule has 0 fully saturated rings. The molecule has 3 aromatic heterocycles. The zero-order valence-electron chi connectivity index (χ0n) is 20.9. The Bertz CT molecular complexity index is 1770. The van der Waals surface area contributed by atoms with Gasteiger partial charge in [-0.3, -0.25) is 0 Å². The van der Waals surface area contributed by atoms with Gasteiger partial charge in [0.2, 0.25) is 11.4 Å². The van der Waals surface area contributed by atoms with Gasteiger partial charge in [0.1, 0.15) is 25.6 Å². The van der Waals surface area contributed by atoms with Crippen LogP contribution >= 0.6 is 11.3 Å². The number of rotatable bonds is 4. The molecule has 3 heterocycles. The van der Waals surface area contributed by atoms with Crippen LogP contribution in [0.4, 0.5) is 0 Å². The smallest absolute Gasteiger partial charge is 0.214 e. The number of fused-ring (bicyclic) bond motifs is 3. The van der Waals surface area contributed by atoms with Crippen molar-refractivity contribution in [3.8, 4) is 34.0 Å². The van der Waals surface area contributed by atoms with Gasteiger partial charge in [0, 0.05) is 55.6 Å². The Morgan fingerprint density at radius 2 is 1.33 bits per heavy atom. The van der Waals surface area contributed by atoms with Gasteiger partial charge < -0.3 is 4.74 Å². The summed E-state index contributed by atoms with van der Waals surface area (Å²) in [5.74, 6) is 1.77. The summed E-state index contributed by atoms with van der Waals surface area (Å²) in [5, 5.41) is 2.50. The van der Waals surface area contributed by atoms with Gasteiger partial charge in [-0.25, -0.2) is 9.13 Å². The van der Waals surface area contributed by atoms with Gasteiger partial charge in [0.05, 0.1) is 11.1 Å². The average Bonchev–Trinajstić information content (AvgIpc) is 3.25. The van der Waals surface area contributed by atoms with Crippen molar-refractivity contribution in [3.63, 3.8) is 0 Å². The zero-order chi connectivity index (χ0) is 24.8. The lowest BCUT2D eigenvalue weighted by Crippen LogP contribution is -2.30. The van der Waals surface area contributed by atoms with Gasteiger partial charge in [0.15, 0.2) is 12.4 Å². The van der Waals surface area contributed by atoms with E-state index in [0.717, 1.165) is 28.3 Å².